The van der Waals surface area contributed by atoms with Crippen molar-refractivity contribution >= 4 is 28.4 Å². The number of nitrogens with two attached hydrogens (primary N) is 1. The third-order valence-electron chi connectivity index (χ3n) is 5.14. The molecule has 2 N–H and O–H groups in total. The Morgan fingerprint density at radius 1 is 1.00 bits per heavy atom. The average molecular weight is 468 g/mol. The molecule has 34 heavy (non-hydrogen) atoms. The Kier molecular flexibility index (Phi) is 5.97. The third-order valence-corrected chi connectivity index (χ3v) is 5.14. The highest BCUT2D eigenvalue weighted by atomic mass is 19.4. The Labute approximate surface area is 192 Å². The Bertz CT molecular complexity index is 1360. The van der Waals surface area contributed by atoms with E-state index in [0.29, 0.717) is 22.0 Å². The van der Waals surface area contributed by atoms with Gasteiger partial charge < -0.3 is 15.2 Å². The van der Waals surface area contributed by atoms with Crippen LogP contribution in [-0.2, 0) is 0 Å². The molecule has 0 fully saturated rings. The number of ether oxygens (including phenoxy) is 2. The molecule has 0 unspecified atom stereocenters. The van der Waals surface area contributed by atoms with Crippen molar-refractivity contribution in [3.05, 3.63) is 72.4 Å². The van der Waals surface area contributed by atoms with Gasteiger partial charge in [-0.3, -0.25) is 4.79 Å². The minimum absolute atomic E-state index is 0.0623. The molecule has 1 aromatic heterocycles. The molecule has 4 aromatic rings. The van der Waals surface area contributed by atoms with Crippen LogP contribution in [0, 0.1) is 0 Å². The number of fused-ring (bicyclic) bond motifs is 1. The number of halogens is 3. The number of rotatable bonds is 5. The molecule has 0 spiro atoms. The highest BCUT2D eigenvalue weighted by Crippen LogP contribution is 2.42. The first-order valence-electron chi connectivity index (χ1n) is 9.98. The normalized spacial score (nSPS) is 11.3. The van der Waals surface area contributed by atoms with Crippen molar-refractivity contribution in [2.24, 2.45) is 0 Å². The highest BCUT2D eigenvalue weighted by molar-refractivity contribution is 6.11. The SMILES string of the molecule is COc1ccc(-c2ccc3nc(N)ncc3c2)c(OC)c1C(=O)N(c1ccccc1)C(F)(F)F. The molecule has 1 amide bonds. The lowest BCUT2D eigenvalue weighted by molar-refractivity contribution is -0.122. The number of methoxy groups -OCH3 is 2. The van der Waals surface area contributed by atoms with Gasteiger partial charge in [0.25, 0.3) is 5.91 Å². The maximum atomic E-state index is 14.0. The minimum atomic E-state index is -5.00. The molecule has 0 aliphatic heterocycles. The number of alkyl halides is 3. The van der Waals surface area contributed by atoms with Gasteiger partial charge in [-0.15, -0.1) is 13.2 Å². The quantitative estimate of drug-likeness (QED) is 0.412. The van der Waals surface area contributed by atoms with Crippen LogP contribution in [0.15, 0.2) is 66.9 Å². The average Bonchev–Trinajstić information content (AvgIpc) is 2.82. The number of hydrogen-bond donors (Lipinski definition) is 1. The molecule has 7 nitrogen and oxygen atoms in total. The van der Waals surface area contributed by atoms with Gasteiger partial charge in [0.15, 0.2) is 0 Å². The molecule has 10 heteroatoms. The van der Waals surface area contributed by atoms with Crippen molar-refractivity contribution in [2.45, 2.75) is 6.30 Å². The van der Waals surface area contributed by atoms with Crippen LogP contribution in [-0.4, -0.2) is 36.4 Å². The van der Waals surface area contributed by atoms with Crippen LogP contribution in [0.25, 0.3) is 22.0 Å². The second kappa shape index (κ2) is 8.89. The molecule has 1 heterocycles. The minimum Gasteiger partial charge on any atom is -0.496 e. The number of hydrogen-bond acceptors (Lipinski definition) is 6. The first-order valence-corrected chi connectivity index (χ1v) is 9.98. The second-order valence-electron chi connectivity index (χ2n) is 7.17. The molecular weight excluding hydrogens is 449 g/mol. The largest absolute Gasteiger partial charge is 0.496 e. The first-order chi connectivity index (χ1) is 16.2. The lowest BCUT2D eigenvalue weighted by atomic mass is 9.98. The van der Waals surface area contributed by atoms with E-state index >= 15 is 0 Å². The van der Waals surface area contributed by atoms with E-state index in [0.717, 1.165) is 0 Å². The summed E-state index contributed by atoms with van der Waals surface area (Å²) in [6, 6.07) is 14.9. The van der Waals surface area contributed by atoms with Crippen molar-refractivity contribution in [2.75, 3.05) is 24.9 Å². The molecule has 3 aromatic carbocycles. The molecule has 4 rings (SSSR count). The van der Waals surface area contributed by atoms with Crippen molar-refractivity contribution in [1.29, 1.82) is 0 Å². The molecule has 0 bridgehead atoms. The van der Waals surface area contributed by atoms with Gasteiger partial charge in [0.05, 0.1) is 25.4 Å². The van der Waals surface area contributed by atoms with E-state index in [4.69, 9.17) is 15.2 Å². The van der Waals surface area contributed by atoms with Gasteiger partial charge in [0, 0.05) is 17.1 Å². The third kappa shape index (κ3) is 4.17. The number of carbonyl (C=O) groups is 1. The van der Waals surface area contributed by atoms with Gasteiger partial charge in [-0.1, -0.05) is 24.3 Å². The van der Waals surface area contributed by atoms with E-state index < -0.39 is 12.2 Å². The maximum absolute atomic E-state index is 14.0. The Morgan fingerprint density at radius 2 is 1.74 bits per heavy atom. The van der Waals surface area contributed by atoms with Crippen molar-refractivity contribution in [1.82, 2.24) is 9.97 Å². The van der Waals surface area contributed by atoms with Gasteiger partial charge >= 0.3 is 6.30 Å². The Balaban J connectivity index is 1.91. The first kappa shape index (κ1) is 22.8. The summed E-state index contributed by atoms with van der Waals surface area (Å²) in [6.07, 6.45) is -3.46. The van der Waals surface area contributed by atoms with E-state index in [1.165, 1.54) is 50.7 Å². The summed E-state index contributed by atoms with van der Waals surface area (Å²) in [6.45, 7) is 0. The molecule has 0 aliphatic rings. The summed E-state index contributed by atoms with van der Waals surface area (Å²) in [4.78, 5) is 21.3. The summed E-state index contributed by atoms with van der Waals surface area (Å²) in [5, 5.41) is 0.652. The predicted octanol–water partition coefficient (Wildman–Crippen LogP) is 5.06. The summed E-state index contributed by atoms with van der Waals surface area (Å²) in [7, 11) is 2.55. The van der Waals surface area contributed by atoms with Gasteiger partial charge in [-0.2, -0.15) is 0 Å². The van der Waals surface area contributed by atoms with E-state index in [2.05, 4.69) is 9.97 Å². The summed E-state index contributed by atoms with van der Waals surface area (Å²) in [5.74, 6) is -1.35. The molecule has 0 saturated heterocycles. The number of para-hydroxylation sites is 1. The number of aromatic nitrogens is 2. The number of benzene rings is 3. The molecule has 0 aliphatic carbocycles. The lowest BCUT2D eigenvalue weighted by Gasteiger charge is -2.27. The fourth-order valence-corrected chi connectivity index (χ4v) is 3.66. The van der Waals surface area contributed by atoms with Crippen LogP contribution in [0.4, 0.5) is 24.8 Å². The number of carbonyl (C=O) groups excluding carboxylic acids is 1. The van der Waals surface area contributed by atoms with Crippen molar-refractivity contribution in [3.8, 4) is 22.6 Å². The number of nitrogens with zero attached hydrogens (tertiary/aromatic N) is 3. The monoisotopic (exact) mass is 468 g/mol. The van der Waals surface area contributed by atoms with Crippen LogP contribution in [0.3, 0.4) is 0 Å². The Hall–Kier alpha value is -4.34. The topological polar surface area (TPSA) is 90.6 Å². The highest BCUT2D eigenvalue weighted by Gasteiger charge is 2.44. The zero-order chi connectivity index (χ0) is 24.5. The van der Waals surface area contributed by atoms with Crippen molar-refractivity contribution < 1.29 is 27.4 Å². The van der Waals surface area contributed by atoms with Crippen LogP contribution in [0.5, 0.6) is 11.5 Å². The van der Waals surface area contributed by atoms with Gasteiger partial charge in [0.2, 0.25) is 5.95 Å². The van der Waals surface area contributed by atoms with Crippen LogP contribution < -0.4 is 20.1 Å². The van der Waals surface area contributed by atoms with Crippen LogP contribution in [0.1, 0.15) is 10.4 Å². The summed E-state index contributed by atoms with van der Waals surface area (Å²) >= 11 is 0. The summed E-state index contributed by atoms with van der Waals surface area (Å²) in [5.41, 5.74) is 6.48. The van der Waals surface area contributed by atoms with Gasteiger partial charge in [0.1, 0.15) is 17.1 Å². The van der Waals surface area contributed by atoms with Gasteiger partial charge in [-0.05, 0) is 42.0 Å². The van der Waals surface area contributed by atoms with E-state index in [1.54, 1.807) is 30.3 Å². The molecule has 174 valence electrons. The predicted molar refractivity (Wildman–Crippen MR) is 122 cm³/mol. The zero-order valence-corrected chi connectivity index (χ0v) is 18.1. The second-order valence-corrected chi connectivity index (χ2v) is 7.17. The van der Waals surface area contributed by atoms with Crippen LogP contribution in [0.2, 0.25) is 0 Å². The summed E-state index contributed by atoms with van der Waals surface area (Å²) < 4.78 is 52.9. The number of amides is 1. The standard InChI is InChI=1S/C24H19F3N4O3/c1-33-19-11-9-17(14-8-10-18-15(12-14)13-29-23(28)30-18)21(34-2)20(19)22(32)31(24(25,26)27)16-6-4-3-5-7-16/h3-13H,1-2H3,(H2,28,29,30). The number of anilines is 2. The fraction of sp³-hybridized carbons (Fsp3) is 0.125. The van der Waals surface area contributed by atoms with E-state index in [9.17, 15) is 18.0 Å². The van der Waals surface area contributed by atoms with Crippen molar-refractivity contribution in [3.63, 3.8) is 0 Å². The van der Waals surface area contributed by atoms with Crippen LogP contribution >= 0.6 is 0 Å². The molecule has 0 radical (unpaired) electrons. The number of nitrogen functional groups attached to an aromatic ring is 1. The maximum Gasteiger partial charge on any atom is 0.491 e. The fourth-order valence-electron chi connectivity index (χ4n) is 3.66. The van der Waals surface area contributed by atoms with E-state index in [1.807, 2.05) is 0 Å². The molecule has 0 atom stereocenters. The molecule has 0 saturated carbocycles. The lowest BCUT2D eigenvalue weighted by Crippen LogP contribution is -2.43. The zero-order valence-electron chi connectivity index (χ0n) is 18.1. The van der Waals surface area contributed by atoms with Gasteiger partial charge in [-0.25, -0.2) is 14.9 Å². The smallest absolute Gasteiger partial charge is 0.491 e. The molecular formula is C24H19F3N4O3. The van der Waals surface area contributed by atoms with E-state index in [-0.39, 0.29) is 33.6 Å². The Morgan fingerprint density at radius 3 is 2.38 bits per heavy atom.